The van der Waals surface area contributed by atoms with E-state index in [1.165, 1.54) is 0 Å². The quantitative estimate of drug-likeness (QED) is 0.477. The van der Waals surface area contributed by atoms with Crippen molar-refractivity contribution in [2.75, 3.05) is 0 Å². The summed E-state index contributed by atoms with van der Waals surface area (Å²) in [5, 5.41) is 4.47. The molecule has 3 nitrogen and oxygen atoms in total. The van der Waals surface area contributed by atoms with E-state index in [1.807, 2.05) is 30.3 Å². The third kappa shape index (κ3) is 3.52. The fourth-order valence-corrected chi connectivity index (χ4v) is 3.45. The molecule has 0 bridgehead atoms. The van der Waals surface area contributed by atoms with E-state index in [9.17, 15) is 4.79 Å². The summed E-state index contributed by atoms with van der Waals surface area (Å²) >= 11 is 18.5. The number of nitrogens with zero attached hydrogens (tertiary/aromatic N) is 1. The average Bonchev–Trinajstić information content (AvgIpc) is 3.09. The smallest absolute Gasteiger partial charge is 0.267 e. The van der Waals surface area contributed by atoms with Crippen molar-refractivity contribution in [1.82, 2.24) is 5.43 Å². The van der Waals surface area contributed by atoms with E-state index in [0.717, 1.165) is 5.56 Å². The number of rotatable bonds is 4. The minimum absolute atomic E-state index is 0.0288. The Morgan fingerprint density at radius 2 is 1.87 bits per heavy atom. The number of carbonyl (C=O) groups is 1. The molecule has 3 rings (SSSR count). The summed E-state index contributed by atoms with van der Waals surface area (Å²) in [6, 6.07) is 16.4. The molecule has 23 heavy (non-hydrogen) atoms. The van der Waals surface area contributed by atoms with Crippen molar-refractivity contribution in [3.05, 3.63) is 70.7 Å². The number of halogens is 3. The summed E-state index contributed by atoms with van der Waals surface area (Å²) < 4.78 is -0.897. The van der Waals surface area contributed by atoms with Crippen molar-refractivity contribution >= 4 is 46.9 Å². The lowest BCUT2D eigenvalue weighted by atomic mass is 10.1. The SMILES string of the molecule is O=C(N/N=C\[C@H]1[C@H](c2ccccc2)C1(Cl)Cl)c1cccc(Cl)c1. The van der Waals surface area contributed by atoms with Gasteiger partial charge in [-0.15, -0.1) is 23.2 Å². The highest BCUT2D eigenvalue weighted by Gasteiger charge is 2.63. The van der Waals surface area contributed by atoms with Crippen LogP contribution in [-0.2, 0) is 0 Å². The van der Waals surface area contributed by atoms with Crippen LogP contribution < -0.4 is 5.43 Å². The van der Waals surface area contributed by atoms with Gasteiger partial charge in [0, 0.05) is 28.6 Å². The van der Waals surface area contributed by atoms with Gasteiger partial charge in [0.15, 0.2) is 0 Å². The van der Waals surface area contributed by atoms with Crippen molar-refractivity contribution in [2.45, 2.75) is 10.3 Å². The van der Waals surface area contributed by atoms with Crippen LogP contribution in [0.2, 0.25) is 5.02 Å². The van der Waals surface area contributed by atoms with Gasteiger partial charge in [-0.1, -0.05) is 48.0 Å². The molecule has 1 fully saturated rings. The Morgan fingerprint density at radius 1 is 1.13 bits per heavy atom. The van der Waals surface area contributed by atoms with Crippen LogP contribution in [0.1, 0.15) is 21.8 Å². The molecule has 6 heteroatoms. The van der Waals surface area contributed by atoms with Crippen LogP contribution in [0.25, 0.3) is 0 Å². The molecule has 2 aromatic rings. The number of nitrogens with one attached hydrogen (secondary N) is 1. The van der Waals surface area contributed by atoms with Gasteiger partial charge in [-0.05, 0) is 23.8 Å². The minimum atomic E-state index is -0.897. The Balaban J connectivity index is 1.64. The summed E-state index contributed by atoms with van der Waals surface area (Å²) in [5.74, 6) is -0.512. The maximum atomic E-state index is 12.0. The number of benzene rings is 2. The lowest BCUT2D eigenvalue weighted by molar-refractivity contribution is 0.0955. The second-order valence-corrected chi connectivity index (χ2v) is 7.20. The van der Waals surface area contributed by atoms with Gasteiger partial charge >= 0.3 is 0 Å². The van der Waals surface area contributed by atoms with Gasteiger partial charge in [-0.3, -0.25) is 4.79 Å². The predicted octanol–water partition coefficient (Wildman–Crippen LogP) is 4.64. The highest BCUT2D eigenvalue weighted by atomic mass is 35.5. The first-order valence-electron chi connectivity index (χ1n) is 7.02. The normalized spacial score (nSPS) is 22.0. The number of hydrogen-bond donors (Lipinski definition) is 1. The largest absolute Gasteiger partial charge is 0.271 e. The maximum Gasteiger partial charge on any atom is 0.271 e. The zero-order valence-corrected chi connectivity index (χ0v) is 14.2. The van der Waals surface area contributed by atoms with E-state index >= 15 is 0 Å². The monoisotopic (exact) mass is 366 g/mol. The van der Waals surface area contributed by atoms with Crippen molar-refractivity contribution in [2.24, 2.45) is 11.0 Å². The molecule has 1 amide bonds. The molecule has 0 aliphatic heterocycles. The third-order valence-electron chi connectivity index (χ3n) is 3.76. The van der Waals surface area contributed by atoms with E-state index in [4.69, 9.17) is 34.8 Å². The van der Waals surface area contributed by atoms with E-state index in [2.05, 4.69) is 10.5 Å². The van der Waals surface area contributed by atoms with Crippen LogP contribution in [0.5, 0.6) is 0 Å². The van der Waals surface area contributed by atoms with Crippen LogP contribution >= 0.6 is 34.8 Å². The summed E-state index contributed by atoms with van der Waals surface area (Å²) in [5.41, 5.74) is 3.95. The predicted molar refractivity (Wildman–Crippen MR) is 94.5 cm³/mol. The molecular formula is C17H13Cl3N2O. The van der Waals surface area contributed by atoms with Crippen LogP contribution in [-0.4, -0.2) is 16.5 Å². The molecule has 0 unspecified atom stereocenters. The number of hydrazone groups is 1. The highest BCUT2D eigenvalue weighted by molar-refractivity contribution is 6.53. The van der Waals surface area contributed by atoms with Crippen molar-refractivity contribution in [3.8, 4) is 0 Å². The molecule has 2 atom stereocenters. The van der Waals surface area contributed by atoms with E-state index in [0.29, 0.717) is 10.6 Å². The molecular weight excluding hydrogens is 355 g/mol. The number of alkyl halides is 2. The second kappa shape index (κ2) is 6.52. The fraction of sp³-hybridized carbons (Fsp3) is 0.176. The first-order valence-corrected chi connectivity index (χ1v) is 8.15. The molecule has 1 aliphatic rings. The van der Waals surface area contributed by atoms with E-state index in [-0.39, 0.29) is 17.7 Å². The van der Waals surface area contributed by atoms with Gasteiger partial charge < -0.3 is 0 Å². The first kappa shape index (κ1) is 16.3. The van der Waals surface area contributed by atoms with Gasteiger partial charge in [0.1, 0.15) is 4.33 Å². The Labute approximate surface area is 149 Å². The molecule has 0 aromatic heterocycles. The molecule has 1 aliphatic carbocycles. The fourth-order valence-electron chi connectivity index (χ4n) is 2.50. The van der Waals surface area contributed by atoms with Crippen LogP contribution in [0.4, 0.5) is 0 Å². The zero-order chi connectivity index (χ0) is 16.4. The van der Waals surface area contributed by atoms with Gasteiger partial charge in [-0.2, -0.15) is 5.10 Å². The van der Waals surface area contributed by atoms with Gasteiger partial charge in [0.2, 0.25) is 0 Å². The number of carbonyl (C=O) groups excluding carboxylic acids is 1. The summed E-state index contributed by atoms with van der Waals surface area (Å²) in [7, 11) is 0. The average molecular weight is 368 g/mol. The number of amides is 1. The third-order valence-corrected chi connectivity index (χ3v) is 4.97. The summed E-state index contributed by atoms with van der Waals surface area (Å²) in [6.45, 7) is 0. The summed E-state index contributed by atoms with van der Waals surface area (Å²) in [4.78, 5) is 12.0. The van der Waals surface area contributed by atoms with Crippen LogP contribution in [0.3, 0.4) is 0 Å². The molecule has 0 spiro atoms. The Kier molecular flexibility index (Phi) is 4.62. The lowest BCUT2D eigenvalue weighted by Crippen LogP contribution is -2.17. The molecule has 1 N–H and O–H groups in total. The van der Waals surface area contributed by atoms with Gasteiger partial charge in [0.25, 0.3) is 5.91 Å². The Morgan fingerprint density at radius 3 is 2.57 bits per heavy atom. The molecule has 0 radical (unpaired) electrons. The minimum Gasteiger partial charge on any atom is -0.267 e. The number of hydrogen-bond acceptors (Lipinski definition) is 2. The molecule has 118 valence electrons. The Hall–Kier alpha value is -1.55. The van der Waals surface area contributed by atoms with Crippen LogP contribution in [0, 0.1) is 5.92 Å². The molecule has 0 heterocycles. The van der Waals surface area contributed by atoms with Crippen molar-refractivity contribution in [3.63, 3.8) is 0 Å². The summed E-state index contributed by atoms with van der Waals surface area (Å²) in [6.07, 6.45) is 1.58. The molecule has 2 aromatic carbocycles. The van der Waals surface area contributed by atoms with Gasteiger partial charge in [-0.25, -0.2) is 5.43 Å². The van der Waals surface area contributed by atoms with Crippen molar-refractivity contribution in [1.29, 1.82) is 0 Å². The first-order chi connectivity index (χ1) is 11.0. The maximum absolute atomic E-state index is 12.0. The Bertz CT molecular complexity index is 747. The van der Waals surface area contributed by atoms with Crippen molar-refractivity contribution < 1.29 is 4.79 Å². The van der Waals surface area contributed by atoms with E-state index < -0.39 is 4.33 Å². The van der Waals surface area contributed by atoms with E-state index in [1.54, 1.807) is 30.5 Å². The standard InChI is InChI=1S/C17H13Cl3N2O/c18-13-8-4-7-12(9-13)16(23)22-21-10-14-15(17(14,19)20)11-5-2-1-3-6-11/h1-10,14-15H,(H,22,23)/b21-10-/t14-,15-/m0/s1. The molecule has 1 saturated carbocycles. The lowest BCUT2D eigenvalue weighted by Gasteiger charge is -1.99. The topological polar surface area (TPSA) is 41.5 Å². The van der Waals surface area contributed by atoms with Crippen LogP contribution in [0.15, 0.2) is 59.7 Å². The van der Waals surface area contributed by atoms with Gasteiger partial charge in [0.05, 0.1) is 0 Å². The molecule has 0 saturated heterocycles. The second-order valence-electron chi connectivity index (χ2n) is 5.32. The zero-order valence-electron chi connectivity index (χ0n) is 11.9. The highest BCUT2D eigenvalue weighted by Crippen LogP contribution is 2.63.